The van der Waals surface area contributed by atoms with Crippen molar-refractivity contribution in [2.45, 2.75) is 70.1 Å². The van der Waals surface area contributed by atoms with Gasteiger partial charge in [-0.3, -0.25) is 19.0 Å². The van der Waals surface area contributed by atoms with Crippen molar-refractivity contribution < 1.29 is 26.4 Å². The largest absolute Gasteiger partial charge is 0.343 e. The van der Waals surface area contributed by atoms with E-state index < -0.39 is 20.0 Å². The fourth-order valence-electron chi connectivity index (χ4n) is 5.48. The predicted octanol–water partition coefficient (Wildman–Crippen LogP) is 7.33. The van der Waals surface area contributed by atoms with E-state index in [0.717, 1.165) is 39.3 Å². The van der Waals surface area contributed by atoms with Crippen LogP contribution in [0.1, 0.15) is 56.4 Å². The fourth-order valence-corrected chi connectivity index (χ4v) is 9.57. The number of benzene rings is 3. The third-order valence-electron chi connectivity index (χ3n) is 8.48. The van der Waals surface area contributed by atoms with Gasteiger partial charge in [0.2, 0.25) is 11.8 Å². The van der Waals surface area contributed by atoms with Gasteiger partial charge in [-0.05, 0) is 75.1 Å². The summed E-state index contributed by atoms with van der Waals surface area (Å²) in [6, 6.07) is 23.3. The summed E-state index contributed by atoms with van der Waals surface area (Å²) in [6.07, 6.45) is 5.47. The standard InChI is InChI=1S/C21H23N3O3S2.C18H25N3O3S2/c1-3-24(4-2)20(25)14-18-15-22-21(28-18)23-29(26,27)19-12-10-17(11-13-19)16-8-6-5-7-9-16;1-4-7-14-8-10-16(11-9-14)26(23,24)20-18-19-13-15(25-18)12-17(22)21(5-2)6-3/h5-13,15H,3-4,14H2,1-2H3,(H,22,23);8-11,13H,4-7,12H2,1-3H3,(H,19,20). The van der Waals surface area contributed by atoms with Crippen LogP contribution in [0.4, 0.5) is 10.3 Å². The van der Waals surface area contributed by atoms with E-state index in [4.69, 9.17) is 0 Å². The predicted molar refractivity (Wildman–Crippen MR) is 221 cm³/mol. The second-order valence-electron chi connectivity index (χ2n) is 12.2. The summed E-state index contributed by atoms with van der Waals surface area (Å²) in [4.78, 5) is 37.8. The molecule has 16 heteroatoms. The Labute approximate surface area is 332 Å². The molecule has 294 valence electrons. The molecule has 5 rings (SSSR count). The van der Waals surface area contributed by atoms with Gasteiger partial charge in [-0.1, -0.05) is 67.9 Å². The van der Waals surface area contributed by atoms with Crippen molar-refractivity contribution >= 4 is 64.8 Å². The van der Waals surface area contributed by atoms with Crippen molar-refractivity contribution in [2.75, 3.05) is 35.6 Å². The Morgan fingerprint density at radius 1 is 0.582 bits per heavy atom. The minimum atomic E-state index is -3.75. The third-order valence-corrected chi connectivity index (χ3v) is 13.3. The monoisotopic (exact) mass is 824 g/mol. The minimum Gasteiger partial charge on any atom is -0.343 e. The zero-order chi connectivity index (χ0) is 40.0. The lowest BCUT2D eigenvalue weighted by Crippen LogP contribution is -2.31. The topological polar surface area (TPSA) is 159 Å². The van der Waals surface area contributed by atoms with Gasteiger partial charge >= 0.3 is 0 Å². The summed E-state index contributed by atoms with van der Waals surface area (Å²) in [6.45, 7) is 12.4. The molecule has 0 bridgehead atoms. The smallest absolute Gasteiger partial charge is 0.263 e. The number of nitrogens with one attached hydrogen (secondary N) is 2. The molecule has 3 aromatic carbocycles. The first-order valence-electron chi connectivity index (χ1n) is 18.1. The summed E-state index contributed by atoms with van der Waals surface area (Å²) < 4.78 is 55.3. The van der Waals surface area contributed by atoms with Crippen LogP contribution < -0.4 is 9.44 Å². The number of nitrogens with zero attached hydrogens (tertiary/aromatic N) is 4. The maximum atomic E-state index is 12.7. The summed E-state index contributed by atoms with van der Waals surface area (Å²) in [5.74, 6) is 0.0177. The lowest BCUT2D eigenvalue weighted by atomic mass is 10.1. The molecule has 0 atom stereocenters. The molecule has 2 aromatic heterocycles. The van der Waals surface area contributed by atoms with Crippen molar-refractivity contribution in [3.05, 3.63) is 107 Å². The number of aryl methyl sites for hydroxylation is 1. The highest BCUT2D eigenvalue weighted by Crippen LogP contribution is 2.26. The Bertz CT molecular complexity index is 2200. The number of carbonyl (C=O) groups excluding carboxylic acids is 2. The van der Waals surface area contributed by atoms with E-state index in [1.165, 1.54) is 22.7 Å². The van der Waals surface area contributed by atoms with E-state index >= 15 is 0 Å². The number of amides is 2. The zero-order valence-corrected chi connectivity index (χ0v) is 35.0. The van der Waals surface area contributed by atoms with Crippen LogP contribution in [0, 0.1) is 0 Å². The van der Waals surface area contributed by atoms with Crippen LogP contribution in [-0.2, 0) is 48.9 Å². The van der Waals surface area contributed by atoms with Gasteiger partial charge < -0.3 is 9.80 Å². The molecule has 0 spiro atoms. The first-order valence-corrected chi connectivity index (χ1v) is 22.7. The summed E-state index contributed by atoms with van der Waals surface area (Å²) in [7, 11) is -7.43. The molecule has 55 heavy (non-hydrogen) atoms. The third kappa shape index (κ3) is 12.4. The molecule has 2 N–H and O–H groups in total. The average Bonchev–Trinajstić information content (AvgIpc) is 3.81. The molecule has 0 radical (unpaired) electrons. The van der Waals surface area contributed by atoms with Gasteiger partial charge in [-0.25, -0.2) is 26.8 Å². The van der Waals surface area contributed by atoms with Crippen molar-refractivity contribution in [3.63, 3.8) is 0 Å². The molecule has 0 unspecified atom stereocenters. The Balaban J connectivity index is 0.000000246. The number of thiazole rings is 2. The van der Waals surface area contributed by atoms with E-state index in [0.29, 0.717) is 26.2 Å². The van der Waals surface area contributed by atoms with Crippen LogP contribution in [0.5, 0.6) is 0 Å². The first kappa shape index (κ1) is 43.1. The minimum absolute atomic E-state index is 0.00422. The van der Waals surface area contributed by atoms with Crippen LogP contribution in [-0.4, -0.2) is 74.6 Å². The van der Waals surface area contributed by atoms with Crippen LogP contribution in [0.2, 0.25) is 0 Å². The number of likely N-dealkylation sites (N-methyl/N-ethyl adjacent to an activating group) is 2. The summed E-state index contributed by atoms with van der Waals surface area (Å²) in [5, 5.41) is 0.518. The normalized spacial score (nSPS) is 11.3. The quantitative estimate of drug-likeness (QED) is 0.0987. The van der Waals surface area contributed by atoms with Gasteiger partial charge in [0.15, 0.2) is 10.3 Å². The molecular formula is C39H48N6O6S4. The number of sulfonamides is 2. The molecule has 2 heterocycles. The lowest BCUT2D eigenvalue weighted by molar-refractivity contribution is -0.130. The Kier molecular flexibility index (Phi) is 15.9. The Hall–Kier alpha value is -4.64. The molecule has 0 saturated heterocycles. The number of hydrogen-bond acceptors (Lipinski definition) is 10. The van der Waals surface area contributed by atoms with Crippen molar-refractivity contribution in [3.8, 4) is 11.1 Å². The molecule has 0 aliphatic heterocycles. The Morgan fingerprint density at radius 3 is 1.38 bits per heavy atom. The SMILES string of the molecule is CCCc1ccc(S(=O)(=O)Nc2ncc(CC(=O)N(CC)CC)s2)cc1.CCN(CC)C(=O)Cc1cnc(NS(=O)(=O)c2ccc(-c3ccccc3)cc2)s1. The van der Waals surface area contributed by atoms with E-state index in [2.05, 4.69) is 26.3 Å². The van der Waals surface area contributed by atoms with Gasteiger partial charge in [0.1, 0.15) is 0 Å². The number of anilines is 2. The van der Waals surface area contributed by atoms with Crippen LogP contribution in [0.15, 0.2) is 101 Å². The number of carbonyl (C=O) groups is 2. The van der Waals surface area contributed by atoms with E-state index in [9.17, 15) is 26.4 Å². The Morgan fingerprint density at radius 2 is 0.982 bits per heavy atom. The van der Waals surface area contributed by atoms with E-state index in [1.54, 1.807) is 58.6 Å². The van der Waals surface area contributed by atoms with E-state index in [-0.39, 0.29) is 44.7 Å². The highest BCUT2D eigenvalue weighted by Gasteiger charge is 2.20. The van der Waals surface area contributed by atoms with Gasteiger partial charge in [0.05, 0.1) is 22.6 Å². The second kappa shape index (κ2) is 20.3. The van der Waals surface area contributed by atoms with Gasteiger partial charge in [-0.2, -0.15) is 0 Å². The maximum absolute atomic E-state index is 12.7. The second-order valence-corrected chi connectivity index (χ2v) is 17.8. The van der Waals surface area contributed by atoms with Gasteiger partial charge in [-0.15, -0.1) is 22.7 Å². The molecule has 2 amide bonds. The highest BCUT2D eigenvalue weighted by atomic mass is 32.2. The molecule has 0 aliphatic carbocycles. The average molecular weight is 825 g/mol. The lowest BCUT2D eigenvalue weighted by Gasteiger charge is -2.17. The summed E-state index contributed by atoms with van der Waals surface area (Å²) >= 11 is 2.36. The maximum Gasteiger partial charge on any atom is 0.263 e. The zero-order valence-electron chi connectivity index (χ0n) is 31.7. The summed E-state index contributed by atoms with van der Waals surface area (Å²) in [5.41, 5.74) is 3.07. The van der Waals surface area contributed by atoms with Crippen LogP contribution in [0.25, 0.3) is 11.1 Å². The molecule has 5 aromatic rings. The first-order chi connectivity index (χ1) is 26.3. The molecule has 12 nitrogen and oxygen atoms in total. The van der Waals surface area contributed by atoms with Crippen LogP contribution >= 0.6 is 22.7 Å². The number of rotatable bonds is 17. The molecule has 0 fully saturated rings. The van der Waals surface area contributed by atoms with Crippen LogP contribution in [0.3, 0.4) is 0 Å². The van der Waals surface area contributed by atoms with Crippen molar-refractivity contribution in [1.29, 1.82) is 0 Å². The molecular weight excluding hydrogens is 777 g/mol. The van der Waals surface area contributed by atoms with Gasteiger partial charge in [0, 0.05) is 48.3 Å². The van der Waals surface area contributed by atoms with Crippen molar-refractivity contribution in [2.24, 2.45) is 0 Å². The number of aromatic nitrogens is 2. The fraction of sp³-hybridized carbons (Fsp3) is 0.333. The highest BCUT2D eigenvalue weighted by molar-refractivity contribution is 7.93. The molecule has 0 saturated carbocycles. The number of hydrogen-bond donors (Lipinski definition) is 2. The van der Waals surface area contributed by atoms with Gasteiger partial charge in [0.25, 0.3) is 20.0 Å². The van der Waals surface area contributed by atoms with E-state index in [1.807, 2.05) is 70.2 Å². The molecule has 0 aliphatic rings. The van der Waals surface area contributed by atoms with Crippen molar-refractivity contribution in [1.82, 2.24) is 19.8 Å².